The fourth-order valence-corrected chi connectivity index (χ4v) is 0.856. The van der Waals surface area contributed by atoms with Gasteiger partial charge in [0.1, 0.15) is 11.7 Å². The molecule has 0 fully saturated rings. The van der Waals surface area contributed by atoms with Gasteiger partial charge in [-0.2, -0.15) is 0 Å². The maximum Gasteiger partial charge on any atom is 0.323 e. The van der Waals surface area contributed by atoms with Crippen LogP contribution in [0.3, 0.4) is 0 Å². The van der Waals surface area contributed by atoms with Crippen molar-refractivity contribution in [2.75, 3.05) is 6.61 Å². The van der Waals surface area contributed by atoms with Gasteiger partial charge in [0.25, 0.3) is 0 Å². The first-order valence-electron chi connectivity index (χ1n) is 3.98. The summed E-state index contributed by atoms with van der Waals surface area (Å²) >= 11 is 0. The number of carbonyl (C=O) groups is 1. The number of ether oxygens (including phenoxy) is 1. The minimum absolute atomic E-state index is 0. The number of nitrogens with two attached hydrogens (primary N) is 1. The highest BCUT2D eigenvalue weighted by Gasteiger charge is 2.25. The number of alkyl halides is 1. The summed E-state index contributed by atoms with van der Waals surface area (Å²) in [6.07, 6.45) is -0.00810. The molecule has 0 aromatic carbocycles. The van der Waals surface area contributed by atoms with Crippen LogP contribution < -0.4 is 5.73 Å². The first kappa shape index (κ1) is 14.9. The van der Waals surface area contributed by atoms with Crippen molar-refractivity contribution in [2.24, 2.45) is 5.73 Å². The predicted octanol–water partition coefficient (Wildman–Crippen LogP) is 1.65. The van der Waals surface area contributed by atoms with Gasteiger partial charge in [-0.05, 0) is 20.8 Å². The molecule has 0 aliphatic carbocycles. The average Bonchev–Trinajstić information content (AvgIpc) is 1.84. The molecule has 80 valence electrons. The summed E-state index contributed by atoms with van der Waals surface area (Å²) in [5, 5.41) is 0. The normalized spacial score (nSPS) is 13.0. The van der Waals surface area contributed by atoms with E-state index in [1.807, 2.05) is 0 Å². The highest BCUT2D eigenvalue weighted by Crippen LogP contribution is 2.15. The zero-order valence-electron chi connectivity index (χ0n) is 7.76. The Balaban J connectivity index is 0. The minimum Gasteiger partial charge on any atom is -0.465 e. The quantitative estimate of drug-likeness (QED) is 0.691. The Hall–Kier alpha value is -0.640. The van der Waals surface area contributed by atoms with Crippen LogP contribution in [0, 0.1) is 0 Å². The van der Waals surface area contributed by atoms with Gasteiger partial charge in [0, 0.05) is 6.42 Å². The third-order valence-corrected chi connectivity index (χ3v) is 1.29. The Morgan fingerprint density at radius 1 is 1.62 bits per heavy atom. The molecule has 2 N–H and O–H groups in total. The molecule has 3 nitrogen and oxygen atoms in total. The molecule has 0 aromatic heterocycles. The van der Waals surface area contributed by atoms with E-state index in [9.17, 15) is 9.18 Å². The molecule has 4 heteroatoms. The Morgan fingerprint density at radius 2 is 2.08 bits per heavy atom. The highest BCUT2D eigenvalue weighted by molar-refractivity contribution is 5.75. The molecular formula is C9H20FNO2. The van der Waals surface area contributed by atoms with Gasteiger partial charge in [-0.15, -0.1) is 0 Å². The maximum absolute atomic E-state index is 13.0. The van der Waals surface area contributed by atoms with Crippen LogP contribution in [0.1, 0.15) is 34.6 Å². The van der Waals surface area contributed by atoms with Crippen molar-refractivity contribution in [3.8, 4) is 0 Å². The monoisotopic (exact) mass is 193 g/mol. The Kier molecular flexibility index (Phi) is 6.76. The minimum atomic E-state index is -1.42. The number of halogens is 1. The number of hydrogen-bond acceptors (Lipinski definition) is 3. The van der Waals surface area contributed by atoms with E-state index in [4.69, 9.17) is 5.73 Å². The summed E-state index contributed by atoms with van der Waals surface area (Å²) in [7, 11) is 0. The zero-order chi connectivity index (χ0) is 9.78. The molecule has 0 unspecified atom stereocenters. The van der Waals surface area contributed by atoms with Gasteiger partial charge in [0.2, 0.25) is 0 Å². The lowest BCUT2D eigenvalue weighted by atomic mass is 10.0. The smallest absolute Gasteiger partial charge is 0.323 e. The van der Waals surface area contributed by atoms with Gasteiger partial charge in [-0.1, -0.05) is 7.43 Å². The number of rotatable bonds is 4. The summed E-state index contributed by atoms with van der Waals surface area (Å²) < 4.78 is 17.6. The van der Waals surface area contributed by atoms with Gasteiger partial charge in [-0.3, -0.25) is 4.79 Å². The van der Waals surface area contributed by atoms with Crippen LogP contribution in [0.2, 0.25) is 0 Å². The fourth-order valence-electron chi connectivity index (χ4n) is 0.856. The van der Waals surface area contributed by atoms with E-state index in [2.05, 4.69) is 4.74 Å². The van der Waals surface area contributed by atoms with Gasteiger partial charge >= 0.3 is 5.97 Å². The molecule has 0 aromatic rings. The molecule has 0 amide bonds. The maximum atomic E-state index is 13.0. The SMILES string of the molecule is C.CCOC(=O)[C@@H](N)CC(C)(C)F. The van der Waals surface area contributed by atoms with Crippen molar-refractivity contribution in [3.63, 3.8) is 0 Å². The van der Waals surface area contributed by atoms with Crippen LogP contribution >= 0.6 is 0 Å². The standard InChI is InChI=1S/C8H16FNO2.CH4/c1-4-12-7(11)6(10)5-8(2,3)9;/h6H,4-5,10H2,1-3H3;1H4/t6-;/m0./s1. The van der Waals surface area contributed by atoms with E-state index in [0.29, 0.717) is 0 Å². The molecule has 0 saturated heterocycles. The van der Waals surface area contributed by atoms with E-state index >= 15 is 0 Å². The summed E-state index contributed by atoms with van der Waals surface area (Å²) in [5.41, 5.74) is 3.95. The molecule has 0 spiro atoms. The molecule has 0 aliphatic rings. The van der Waals surface area contributed by atoms with Crippen molar-refractivity contribution in [1.82, 2.24) is 0 Å². The lowest BCUT2D eigenvalue weighted by Gasteiger charge is -2.17. The second kappa shape index (κ2) is 5.91. The molecule has 0 aliphatic heterocycles. The van der Waals surface area contributed by atoms with Gasteiger partial charge in [0.05, 0.1) is 6.61 Å². The van der Waals surface area contributed by atoms with Crippen molar-refractivity contribution in [3.05, 3.63) is 0 Å². The molecule has 0 radical (unpaired) electrons. The van der Waals surface area contributed by atoms with Gasteiger partial charge in [0.15, 0.2) is 0 Å². The molecule has 0 heterocycles. The van der Waals surface area contributed by atoms with E-state index in [-0.39, 0.29) is 20.5 Å². The molecule has 1 atom stereocenters. The largest absolute Gasteiger partial charge is 0.465 e. The second-order valence-corrected chi connectivity index (χ2v) is 3.28. The first-order chi connectivity index (χ1) is 5.37. The Labute approximate surface area is 79.4 Å². The summed E-state index contributed by atoms with van der Waals surface area (Å²) in [6, 6.07) is -0.857. The van der Waals surface area contributed by atoms with E-state index in [1.54, 1.807) is 6.92 Å². The first-order valence-corrected chi connectivity index (χ1v) is 3.98. The van der Waals surface area contributed by atoms with Gasteiger partial charge < -0.3 is 10.5 Å². The van der Waals surface area contributed by atoms with Crippen LogP contribution in [-0.4, -0.2) is 24.3 Å². The number of esters is 1. The Bertz CT molecular complexity index is 154. The topological polar surface area (TPSA) is 52.3 Å². The lowest BCUT2D eigenvalue weighted by Crippen LogP contribution is -2.37. The molecule has 0 saturated carbocycles. The van der Waals surface area contributed by atoms with Crippen LogP contribution in [-0.2, 0) is 9.53 Å². The van der Waals surface area contributed by atoms with Gasteiger partial charge in [-0.25, -0.2) is 4.39 Å². The number of carbonyl (C=O) groups excluding carboxylic acids is 1. The zero-order valence-corrected chi connectivity index (χ0v) is 7.76. The third-order valence-electron chi connectivity index (χ3n) is 1.29. The third kappa shape index (κ3) is 7.71. The van der Waals surface area contributed by atoms with Crippen LogP contribution in [0.15, 0.2) is 0 Å². The summed E-state index contributed by atoms with van der Waals surface area (Å²) in [4.78, 5) is 10.9. The molecular weight excluding hydrogens is 173 g/mol. The van der Waals surface area contributed by atoms with Crippen molar-refractivity contribution >= 4 is 5.97 Å². The van der Waals surface area contributed by atoms with E-state index in [1.165, 1.54) is 13.8 Å². The molecule has 13 heavy (non-hydrogen) atoms. The summed E-state index contributed by atoms with van der Waals surface area (Å²) in [6.45, 7) is 4.72. The Morgan fingerprint density at radius 3 is 2.38 bits per heavy atom. The highest BCUT2D eigenvalue weighted by atomic mass is 19.1. The van der Waals surface area contributed by atoms with E-state index in [0.717, 1.165) is 0 Å². The molecule has 0 bridgehead atoms. The van der Waals surface area contributed by atoms with E-state index < -0.39 is 17.7 Å². The van der Waals surface area contributed by atoms with Crippen molar-refractivity contribution in [2.45, 2.75) is 46.3 Å². The van der Waals surface area contributed by atoms with Crippen molar-refractivity contribution < 1.29 is 13.9 Å². The fraction of sp³-hybridized carbons (Fsp3) is 0.889. The van der Waals surface area contributed by atoms with Crippen LogP contribution in [0.25, 0.3) is 0 Å². The average molecular weight is 193 g/mol. The molecule has 0 rings (SSSR count). The number of hydrogen-bond donors (Lipinski definition) is 1. The summed E-state index contributed by atoms with van der Waals surface area (Å²) in [5.74, 6) is -0.539. The van der Waals surface area contributed by atoms with Crippen LogP contribution in [0.4, 0.5) is 4.39 Å². The van der Waals surface area contributed by atoms with Crippen molar-refractivity contribution in [1.29, 1.82) is 0 Å². The predicted molar refractivity (Wildman–Crippen MR) is 51.1 cm³/mol. The second-order valence-electron chi connectivity index (χ2n) is 3.28. The van der Waals surface area contributed by atoms with Crippen LogP contribution in [0.5, 0.6) is 0 Å². The lowest BCUT2D eigenvalue weighted by molar-refractivity contribution is -0.145.